The molecule has 0 saturated carbocycles. The van der Waals surface area contributed by atoms with Crippen LogP contribution in [0.4, 0.5) is 18.3 Å². The smallest absolute Gasteiger partial charge is 0.406 e. The third-order valence-electron chi connectivity index (χ3n) is 4.16. The standard InChI is InChI=1S/C18H12F3N5O3S/c1-9(26-16(28)11-4-2-3-5-12(11)24-25-26)15(27)23-17-22-13-7-6-10(8-14(13)30-17)29-18(19,20)21/h2-9H,1H3,(H,22,23,27)/t9-/m1/s1. The summed E-state index contributed by atoms with van der Waals surface area (Å²) < 4.78 is 42.3. The van der Waals surface area contributed by atoms with Gasteiger partial charge in [-0.25, -0.2) is 4.98 Å². The largest absolute Gasteiger partial charge is 0.573 e. The van der Waals surface area contributed by atoms with Gasteiger partial charge in [-0.1, -0.05) is 28.7 Å². The highest BCUT2D eigenvalue weighted by Crippen LogP contribution is 2.31. The second-order valence-electron chi connectivity index (χ2n) is 6.22. The summed E-state index contributed by atoms with van der Waals surface area (Å²) in [6.07, 6.45) is -4.81. The summed E-state index contributed by atoms with van der Waals surface area (Å²) in [6.45, 7) is 1.47. The van der Waals surface area contributed by atoms with Crippen molar-refractivity contribution in [3.05, 3.63) is 52.8 Å². The molecule has 2 aromatic heterocycles. The second kappa shape index (κ2) is 7.37. The summed E-state index contributed by atoms with van der Waals surface area (Å²) in [6, 6.07) is 9.29. The maximum Gasteiger partial charge on any atom is 0.573 e. The van der Waals surface area contributed by atoms with Crippen LogP contribution in [0.1, 0.15) is 13.0 Å². The number of halogens is 3. The molecule has 0 aliphatic carbocycles. The number of carbonyl (C=O) groups is 1. The lowest BCUT2D eigenvalue weighted by Crippen LogP contribution is -2.34. The number of rotatable bonds is 4. The highest BCUT2D eigenvalue weighted by Gasteiger charge is 2.31. The molecule has 1 amide bonds. The van der Waals surface area contributed by atoms with Gasteiger partial charge in [-0.15, -0.1) is 18.3 Å². The molecule has 1 atom stereocenters. The molecule has 0 fully saturated rings. The Hall–Kier alpha value is -3.54. The molecular formula is C18H12F3N5O3S. The number of carbonyl (C=O) groups excluding carboxylic acids is 1. The van der Waals surface area contributed by atoms with Crippen molar-refractivity contribution in [2.45, 2.75) is 19.3 Å². The number of thiazole rings is 1. The van der Waals surface area contributed by atoms with E-state index in [4.69, 9.17) is 0 Å². The van der Waals surface area contributed by atoms with Gasteiger partial charge >= 0.3 is 6.36 Å². The van der Waals surface area contributed by atoms with E-state index in [1.807, 2.05) is 0 Å². The summed E-state index contributed by atoms with van der Waals surface area (Å²) in [5.41, 5.74) is 0.330. The Kier molecular flexibility index (Phi) is 4.86. The van der Waals surface area contributed by atoms with Crippen LogP contribution in [-0.2, 0) is 4.79 Å². The summed E-state index contributed by atoms with van der Waals surface area (Å²) in [7, 11) is 0. The van der Waals surface area contributed by atoms with E-state index in [9.17, 15) is 22.8 Å². The quantitative estimate of drug-likeness (QED) is 0.527. The highest BCUT2D eigenvalue weighted by atomic mass is 32.1. The van der Waals surface area contributed by atoms with E-state index in [0.717, 1.165) is 22.1 Å². The number of nitrogens with one attached hydrogen (secondary N) is 1. The van der Waals surface area contributed by atoms with Crippen molar-refractivity contribution in [2.75, 3.05) is 5.32 Å². The Bertz CT molecular complexity index is 1320. The molecule has 0 unspecified atom stereocenters. The Morgan fingerprint density at radius 1 is 1.20 bits per heavy atom. The summed E-state index contributed by atoms with van der Waals surface area (Å²) in [5, 5.41) is 10.8. The van der Waals surface area contributed by atoms with Gasteiger partial charge in [-0.05, 0) is 31.2 Å². The zero-order chi connectivity index (χ0) is 21.5. The van der Waals surface area contributed by atoms with E-state index in [1.54, 1.807) is 24.3 Å². The average Bonchev–Trinajstić information content (AvgIpc) is 3.08. The number of hydrogen-bond donors (Lipinski definition) is 1. The predicted octanol–water partition coefficient (Wildman–Crippen LogP) is 3.50. The van der Waals surface area contributed by atoms with E-state index < -0.39 is 23.9 Å². The molecule has 12 heteroatoms. The van der Waals surface area contributed by atoms with Crippen LogP contribution in [0.25, 0.3) is 21.1 Å². The van der Waals surface area contributed by atoms with E-state index in [-0.39, 0.29) is 10.9 Å². The van der Waals surface area contributed by atoms with Gasteiger partial charge < -0.3 is 10.1 Å². The first-order valence-corrected chi connectivity index (χ1v) is 9.34. The van der Waals surface area contributed by atoms with E-state index in [0.29, 0.717) is 21.1 Å². The molecule has 0 aliphatic rings. The topological polar surface area (TPSA) is 99.0 Å². The molecule has 0 saturated heterocycles. The summed E-state index contributed by atoms with van der Waals surface area (Å²) >= 11 is 0.971. The molecule has 0 aliphatic heterocycles. The molecule has 1 N–H and O–H groups in total. The number of alkyl halides is 3. The normalized spacial score (nSPS) is 12.8. The van der Waals surface area contributed by atoms with Crippen LogP contribution >= 0.6 is 11.3 Å². The van der Waals surface area contributed by atoms with Crippen LogP contribution < -0.4 is 15.6 Å². The first-order valence-electron chi connectivity index (χ1n) is 8.53. The maximum absolute atomic E-state index is 12.6. The van der Waals surface area contributed by atoms with Crippen molar-refractivity contribution >= 4 is 43.5 Å². The molecule has 154 valence electrons. The SMILES string of the molecule is C[C@H](C(=O)Nc1nc2ccc(OC(F)(F)F)cc2s1)n1nnc2ccccc2c1=O. The minimum absolute atomic E-state index is 0.160. The number of amides is 1. The monoisotopic (exact) mass is 435 g/mol. The number of aromatic nitrogens is 4. The molecule has 30 heavy (non-hydrogen) atoms. The number of benzene rings is 2. The Morgan fingerprint density at radius 3 is 2.73 bits per heavy atom. The lowest BCUT2D eigenvalue weighted by Gasteiger charge is -2.12. The molecule has 2 heterocycles. The predicted molar refractivity (Wildman–Crippen MR) is 103 cm³/mol. The van der Waals surface area contributed by atoms with Gasteiger partial charge in [0.05, 0.1) is 15.6 Å². The van der Waals surface area contributed by atoms with Crippen molar-refractivity contribution in [3.63, 3.8) is 0 Å². The van der Waals surface area contributed by atoms with Crippen molar-refractivity contribution in [1.29, 1.82) is 0 Å². The first kappa shape index (κ1) is 19.8. The zero-order valence-electron chi connectivity index (χ0n) is 15.2. The summed E-state index contributed by atoms with van der Waals surface area (Å²) in [5.74, 6) is -0.963. The van der Waals surface area contributed by atoms with E-state index in [2.05, 4.69) is 25.3 Å². The van der Waals surface area contributed by atoms with Gasteiger partial charge in [0, 0.05) is 6.07 Å². The van der Waals surface area contributed by atoms with Crippen molar-refractivity contribution in [3.8, 4) is 5.75 Å². The van der Waals surface area contributed by atoms with Gasteiger partial charge in [0.15, 0.2) is 5.13 Å². The number of anilines is 1. The number of fused-ring (bicyclic) bond motifs is 2. The number of nitrogens with zero attached hydrogens (tertiary/aromatic N) is 4. The molecule has 0 bridgehead atoms. The van der Waals surface area contributed by atoms with Gasteiger partial charge in [0.25, 0.3) is 11.5 Å². The second-order valence-corrected chi connectivity index (χ2v) is 7.25. The van der Waals surface area contributed by atoms with E-state index in [1.165, 1.54) is 19.1 Å². The van der Waals surface area contributed by atoms with Crippen LogP contribution in [0, 0.1) is 0 Å². The fourth-order valence-corrected chi connectivity index (χ4v) is 3.63. The van der Waals surface area contributed by atoms with Gasteiger partial charge in [0.2, 0.25) is 0 Å². The molecule has 2 aromatic carbocycles. The molecule has 4 rings (SSSR count). The van der Waals surface area contributed by atoms with Gasteiger partial charge in [0.1, 0.15) is 17.3 Å². The minimum Gasteiger partial charge on any atom is -0.406 e. The zero-order valence-corrected chi connectivity index (χ0v) is 16.0. The molecule has 8 nitrogen and oxygen atoms in total. The van der Waals surface area contributed by atoms with Crippen molar-refractivity contribution in [2.24, 2.45) is 0 Å². The fourth-order valence-electron chi connectivity index (χ4n) is 2.73. The third-order valence-corrected chi connectivity index (χ3v) is 5.09. The third kappa shape index (κ3) is 3.94. The van der Waals surface area contributed by atoms with Crippen LogP contribution in [-0.4, -0.2) is 32.2 Å². The Morgan fingerprint density at radius 2 is 1.97 bits per heavy atom. The lowest BCUT2D eigenvalue weighted by molar-refractivity contribution is -0.274. The van der Waals surface area contributed by atoms with Crippen molar-refractivity contribution < 1.29 is 22.7 Å². The van der Waals surface area contributed by atoms with Crippen molar-refractivity contribution in [1.82, 2.24) is 20.0 Å². The average molecular weight is 435 g/mol. The first-order chi connectivity index (χ1) is 14.2. The van der Waals surface area contributed by atoms with Gasteiger partial charge in [-0.3, -0.25) is 9.59 Å². The van der Waals surface area contributed by atoms with E-state index >= 15 is 0 Å². The Balaban J connectivity index is 1.57. The van der Waals surface area contributed by atoms with Gasteiger partial charge in [-0.2, -0.15) is 4.68 Å². The van der Waals surface area contributed by atoms with Crippen LogP contribution in [0.15, 0.2) is 47.3 Å². The Labute approximate surface area is 169 Å². The maximum atomic E-state index is 12.6. The fraction of sp³-hybridized carbons (Fsp3) is 0.167. The summed E-state index contributed by atoms with van der Waals surface area (Å²) in [4.78, 5) is 29.3. The molecule has 0 spiro atoms. The number of hydrogen-bond acceptors (Lipinski definition) is 7. The van der Waals surface area contributed by atoms with Crippen LogP contribution in [0.2, 0.25) is 0 Å². The molecular weight excluding hydrogens is 423 g/mol. The van der Waals surface area contributed by atoms with Crippen LogP contribution in [0.3, 0.4) is 0 Å². The van der Waals surface area contributed by atoms with Crippen LogP contribution in [0.5, 0.6) is 5.75 Å². The lowest BCUT2D eigenvalue weighted by atomic mass is 10.2. The molecule has 0 radical (unpaired) electrons. The minimum atomic E-state index is -4.81. The highest BCUT2D eigenvalue weighted by molar-refractivity contribution is 7.22. The number of ether oxygens (including phenoxy) is 1. The molecule has 4 aromatic rings.